The van der Waals surface area contributed by atoms with Crippen molar-refractivity contribution in [2.24, 2.45) is 22.7 Å². The van der Waals surface area contributed by atoms with Gasteiger partial charge in [0.05, 0.1) is 13.2 Å². The average molecular weight is 859 g/mol. The minimum Gasteiger partial charge on any atom is -0.465 e. The number of amides is 1. The molecular formula is C54H102N2O5. The van der Waals surface area contributed by atoms with Gasteiger partial charge in [0.1, 0.15) is 0 Å². The van der Waals surface area contributed by atoms with E-state index in [1.54, 1.807) is 0 Å². The van der Waals surface area contributed by atoms with Crippen molar-refractivity contribution in [2.45, 2.75) is 260 Å². The van der Waals surface area contributed by atoms with Crippen LogP contribution in [0.15, 0.2) is 0 Å². The molecule has 0 aromatic carbocycles. The summed E-state index contributed by atoms with van der Waals surface area (Å²) in [6.45, 7) is 18.4. The number of rotatable bonds is 42. The number of hydrogen-bond donors (Lipinski definition) is 0. The van der Waals surface area contributed by atoms with E-state index < -0.39 is 0 Å². The lowest BCUT2D eigenvalue weighted by atomic mass is 9.50. The second kappa shape index (κ2) is 34.7. The predicted molar refractivity (Wildman–Crippen MR) is 258 cm³/mol. The van der Waals surface area contributed by atoms with Gasteiger partial charge in [-0.3, -0.25) is 14.4 Å². The van der Waals surface area contributed by atoms with Gasteiger partial charge in [0, 0.05) is 43.2 Å². The minimum atomic E-state index is -0.240. The van der Waals surface area contributed by atoms with Crippen molar-refractivity contribution in [3.05, 3.63) is 0 Å². The quantitative estimate of drug-likeness (QED) is 0.0450. The molecule has 1 amide bonds. The number of hydrogen-bond acceptors (Lipinski definition) is 6. The van der Waals surface area contributed by atoms with Crippen LogP contribution in [0.5, 0.6) is 0 Å². The molecule has 3 aliphatic rings. The molecule has 3 rings (SSSR count). The van der Waals surface area contributed by atoms with Gasteiger partial charge in [0.2, 0.25) is 5.91 Å². The van der Waals surface area contributed by atoms with E-state index in [4.69, 9.17) is 9.47 Å². The zero-order valence-corrected chi connectivity index (χ0v) is 41.6. The first-order valence-corrected chi connectivity index (χ1v) is 27.0. The summed E-state index contributed by atoms with van der Waals surface area (Å²) in [5, 5.41) is 0. The molecule has 2 bridgehead atoms. The lowest BCUT2D eigenvalue weighted by molar-refractivity contribution is -0.199. The van der Waals surface area contributed by atoms with Crippen LogP contribution in [0.1, 0.15) is 260 Å². The molecule has 0 atom stereocenters. The topological polar surface area (TPSA) is 76.2 Å². The van der Waals surface area contributed by atoms with Crippen LogP contribution in [0.3, 0.4) is 0 Å². The van der Waals surface area contributed by atoms with E-state index in [0.717, 1.165) is 64.6 Å². The number of nitrogens with zero attached hydrogens (tertiary/aromatic N) is 2. The average Bonchev–Trinajstić information content (AvgIpc) is 3.25. The predicted octanol–water partition coefficient (Wildman–Crippen LogP) is 14.8. The van der Waals surface area contributed by atoms with Gasteiger partial charge in [0.15, 0.2) is 0 Å². The normalized spacial score (nSPS) is 18.6. The molecule has 0 spiro atoms. The first-order chi connectivity index (χ1) is 29.7. The largest absolute Gasteiger partial charge is 0.465 e. The zero-order chi connectivity index (χ0) is 44.4. The fourth-order valence-electron chi connectivity index (χ4n) is 10.9. The first-order valence-electron chi connectivity index (χ1n) is 27.0. The molecule has 0 aromatic rings. The SMILES string of the molecule is CCCCCCCC(CCCCCCC)CCCC(=O)OCC12CN(C(=O)CCCN(CC)CC)CC(COC(=O)CCCC(CCCCCCC)CCCCCCC)(C1)C2. The third kappa shape index (κ3) is 24.9. The van der Waals surface area contributed by atoms with E-state index in [9.17, 15) is 14.4 Å². The van der Waals surface area contributed by atoms with E-state index in [2.05, 4.69) is 46.4 Å². The van der Waals surface area contributed by atoms with Crippen LogP contribution in [0, 0.1) is 22.7 Å². The molecule has 2 aliphatic heterocycles. The summed E-state index contributed by atoms with van der Waals surface area (Å²) in [5.41, 5.74) is -0.480. The number of esters is 2. The Hall–Kier alpha value is -1.63. The monoisotopic (exact) mass is 859 g/mol. The number of unbranched alkanes of at least 4 members (excludes halogenated alkanes) is 16. The number of fused-ring (bicyclic) bond motifs is 2. The molecule has 1 saturated carbocycles. The highest BCUT2D eigenvalue weighted by Gasteiger charge is 2.61. The van der Waals surface area contributed by atoms with Crippen molar-refractivity contribution in [1.29, 1.82) is 0 Å². The van der Waals surface area contributed by atoms with E-state index in [-0.39, 0.29) is 28.7 Å². The van der Waals surface area contributed by atoms with Gasteiger partial charge in [-0.05, 0) is 76.4 Å². The van der Waals surface area contributed by atoms with Crippen molar-refractivity contribution in [3.63, 3.8) is 0 Å². The van der Waals surface area contributed by atoms with Crippen LogP contribution in [-0.4, -0.2) is 73.6 Å². The Morgan fingerprint density at radius 2 is 0.803 bits per heavy atom. The molecule has 61 heavy (non-hydrogen) atoms. The van der Waals surface area contributed by atoms with Crippen molar-refractivity contribution >= 4 is 17.8 Å². The summed E-state index contributed by atoms with van der Waals surface area (Å²) in [7, 11) is 0. The number of ether oxygens (including phenoxy) is 2. The van der Waals surface area contributed by atoms with E-state index in [1.165, 1.54) is 154 Å². The highest BCUT2D eigenvalue weighted by Crippen LogP contribution is 2.59. The molecule has 7 nitrogen and oxygen atoms in total. The van der Waals surface area contributed by atoms with E-state index in [1.807, 2.05) is 4.90 Å². The maximum atomic E-state index is 13.7. The first kappa shape index (κ1) is 55.5. The minimum absolute atomic E-state index is 0.0918. The molecule has 2 saturated heterocycles. The summed E-state index contributed by atoms with van der Waals surface area (Å²) in [6.07, 6.45) is 39.6. The van der Waals surface area contributed by atoms with Crippen LogP contribution in [0.4, 0.5) is 0 Å². The molecule has 1 aliphatic carbocycles. The number of carbonyl (C=O) groups is 3. The third-order valence-electron chi connectivity index (χ3n) is 14.6. The molecule has 2 heterocycles. The lowest BCUT2D eigenvalue weighted by Crippen LogP contribution is -2.67. The van der Waals surface area contributed by atoms with Gasteiger partial charge in [0.25, 0.3) is 0 Å². The number of carbonyl (C=O) groups excluding carboxylic acids is 3. The highest BCUT2D eigenvalue weighted by atomic mass is 16.5. The summed E-state index contributed by atoms with van der Waals surface area (Å²) >= 11 is 0. The summed E-state index contributed by atoms with van der Waals surface area (Å²) in [5.74, 6) is 1.43. The maximum absolute atomic E-state index is 13.7. The second-order valence-electron chi connectivity index (χ2n) is 20.4. The smallest absolute Gasteiger partial charge is 0.305 e. The maximum Gasteiger partial charge on any atom is 0.305 e. The Kier molecular flexibility index (Phi) is 31.6. The van der Waals surface area contributed by atoms with Crippen molar-refractivity contribution in [2.75, 3.05) is 45.9 Å². The van der Waals surface area contributed by atoms with Crippen LogP contribution in [0.2, 0.25) is 0 Å². The van der Waals surface area contributed by atoms with Gasteiger partial charge < -0.3 is 19.3 Å². The second-order valence-corrected chi connectivity index (χ2v) is 20.4. The molecule has 0 radical (unpaired) electrons. The molecule has 0 N–H and O–H groups in total. The van der Waals surface area contributed by atoms with Crippen LogP contribution in [0.25, 0.3) is 0 Å². The van der Waals surface area contributed by atoms with Crippen molar-refractivity contribution < 1.29 is 23.9 Å². The number of piperidine rings is 2. The van der Waals surface area contributed by atoms with Gasteiger partial charge in [-0.25, -0.2) is 0 Å². The molecule has 3 fully saturated rings. The van der Waals surface area contributed by atoms with Gasteiger partial charge in [-0.1, -0.05) is 196 Å². The fourth-order valence-corrected chi connectivity index (χ4v) is 10.9. The third-order valence-corrected chi connectivity index (χ3v) is 14.6. The fraction of sp³-hybridized carbons (Fsp3) is 0.944. The Labute approximate surface area is 378 Å². The summed E-state index contributed by atoms with van der Waals surface area (Å²) < 4.78 is 12.1. The Bertz CT molecular complexity index is 1000. The molecule has 0 aromatic heterocycles. The van der Waals surface area contributed by atoms with E-state index in [0.29, 0.717) is 57.4 Å². The molecular weight excluding hydrogens is 757 g/mol. The van der Waals surface area contributed by atoms with Crippen LogP contribution < -0.4 is 0 Å². The van der Waals surface area contributed by atoms with Gasteiger partial charge >= 0.3 is 11.9 Å². The lowest BCUT2D eigenvalue weighted by Gasteiger charge is -2.62. The Balaban J connectivity index is 1.93. The van der Waals surface area contributed by atoms with Crippen LogP contribution >= 0.6 is 0 Å². The molecule has 7 heteroatoms. The summed E-state index contributed by atoms with van der Waals surface area (Å²) in [4.78, 5) is 44.6. The summed E-state index contributed by atoms with van der Waals surface area (Å²) in [6, 6.07) is 0. The Morgan fingerprint density at radius 1 is 0.459 bits per heavy atom. The van der Waals surface area contributed by atoms with Gasteiger partial charge in [-0.15, -0.1) is 0 Å². The standard InChI is InChI=1S/C54H102N2O5/c1-7-13-17-21-25-32-48(33-26-22-18-14-8-2)36-29-39-51(58)60-46-53-42-54(43-53,45-56(44-53)50(57)38-31-41-55(11-5)12-6)47-61-52(59)40-30-37-49(34-27-23-19-15-9-3)35-28-24-20-16-10-4/h48-49H,7-47H2,1-6H3. The molecule has 0 unspecified atom stereocenters. The molecule has 358 valence electrons. The highest BCUT2D eigenvalue weighted by molar-refractivity contribution is 5.77. The van der Waals surface area contributed by atoms with Gasteiger partial charge in [-0.2, -0.15) is 0 Å². The van der Waals surface area contributed by atoms with Crippen molar-refractivity contribution in [1.82, 2.24) is 9.80 Å². The Morgan fingerprint density at radius 3 is 1.15 bits per heavy atom. The zero-order valence-electron chi connectivity index (χ0n) is 41.6. The van der Waals surface area contributed by atoms with Crippen LogP contribution in [-0.2, 0) is 23.9 Å². The van der Waals surface area contributed by atoms with Crippen molar-refractivity contribution in [3.8, 4) is 0 Å². The van der Waals surface area contributed by atoms with E-state index >= 15 is 0 Å².